The Hall–Kier alpha value is -0.870. The van der Waals surface area contributed by atoms with Crippen LogP contribution in [0.1, 0.15) is 37.9 Å². The first-order chi connectivity index (χ1) is 7.31. The van der Waals surface area contributed by atoms with Crippen molar-refractivity contribution in [2.24, 2.45) is 5.73 Å². The number of aryl methyl sites for hydroxylation is 1. The van der Waals surface area contributed by atoms with E-state index in [1.807, 2.05) is 10.9 Å². The zero-order chi connectivity index (χ0) is 10.7. The maximum absolute atomic E-state index is 6.03. The molecule has 0 bridgehead atoms. The van der Waals surface area contributed by atoms with Gasteiger partial charge in [-0.3, -0.25) is 4.68 Å². The molecule has 0 aliphatic carbocycles. The van der Waals surface area contributed by atoms with E-state index < -0.39 is 0 Å². The first-order valence-electron chi connectivity index (χ1n) is 5.71. The molecule has 4 heteroatoms. The summed E-state index contributed by atoms with van der Waals surface area (Å²) in [5.41, 5.74) is 7.15. The zero-order valence-corrected chi connectivity index (χ0v) is 9.22. The third-order valence-electron chi connectivity index (χ3n) is 2.80. The van der Waals surface area contributed by atoms with E-state index in [2.05, 4.69) is 18.2 Å². The molecule has 0 radical (unpaired) electrons. The summed E-state index contributed by atoms with van der Waals surface area (Å²) in [5.74, 6) is 0. The van der Waals surface area contributed by atoms with Crippen LogP contribution in [0.25, 0.3) is 0 Å². The fourth-order valence-corrected chi connectivity index (χ4v) is 2.03. The van der Waals surface area contributed by atoms with E-state index in [0.29, 0.717) is 0 Å². The zero-order valence-electron chi connectivity index (χ0n) is 9.22. The largest absolute Gasteiger partial charge is 0.372 e. The summed E-state index contributed by atoms with van der Waals surface area (Å²) in [4.78, 5) is 0. The Kier molecular flexibility index (Phi) is 3.38. The lowest BCUT2D eigenvalue weighted by Gasteiger charge is -2.28. The molecule has 15 heavy (non-hydrogen) atoms. The molecule has 2 unspecified atom stereocenters. The van der Waals surface area contributed by atoms with Crippen molar-refractivity contribution in [3.63, 3.8) is 0 Å². The number of rotatable bonds is 3. The van der Waals surface area contributed by atoms with Crippen LogP contribution in [-0.4, -0.2) is 22.4 Å². The molecule has 1 fully saturated rings. The van der Waals surface area contributed by atoms with Crippen LogP contribution in [0.5, 0.6) is 0 Å². The Labute approximate surface area is 90.4 Å². The number of nitrogens with zero attached hydrogens (tertiary/aromatic N) is 2. The first kappa shape index (κ1) is 10.6. The Morgan fingerprint density at radius 2 is 2.53 bits per heavy atom. The van der Waals surface area contributed by atoms with Gasteiger partial charge in [-0.15, -0.1) is 0 Å². The van der Waals surface area contributed by atoms with Crippen LogP contribution in [-0.2, 0) is 11.3 Å². The van der Waals surface area contributed by atoms with E-state index in [1.54, 1.807) is 0 Å². The Morgan fingerprint density at radius 3 is 3.27 bits per heavy atom. The van der Waals surface area contributed by atoms with Crippen molar-refractivity contribution in [3.8, 4) is 0 Å². The minimum absolute atomic E-state index is 0.0457. The molecular formula is C11H19N3O. The molecule has 4 nitrogen and oxygen atoms in total. The van der Waals surface area contributed by atoms with Gasteiger partial charge in [-0.05, 0) is 19.3 Å². The van der Waals surface area contributed by atoms with Crippen molar-refractivity contribution < 1.29 is 4.74 Å². The van der Waals surface area contributed by atoms with Crippen molar-refractivity contribution in [1.82, 2.24) is 9.78 Å². The predicted octanol–water partition coefficient (Wildman–Crippen LogP) is 1.47. The molecule has 2 rings (SSSR count). The first-order valence-corrected chi connectivity index (χ1v) is 5.71. The van der Waals surface area contributed by atoms with Crippen molar-refractivity contribution in [2.75, 3.05) is 6.61 Å². The highest BCUT2D eigenvalue weighted by atomic mass is 16.5. The Morgan fingerprint density at radius 1 is 1.67 bits per heavy atom. The smallest absolute Gasteiger partial charge is 0.101 e. The minimum Gasteiger partial charge on any atom is -0.372 e. The number of aromatic nitrogens is 2. The van der Waals surface area contributed by atoms with Crippen LogP contribution >= 0.6 is 0 Å². The van der Waals surface area contributed by atoms with Crippen LogP contribution < -0.4 is 5.73 Å². The molecular weight excluding hydrogens is 190 g/mol. The highest BCUT2D eigenvalue weighted by molar-refractivity contribution is 5.11. The second-order valence-electron chi connectivity index (χ2n) is 4.13. The maximum Gasteiger partial charge on any atom is 0.101 e. The summed E-state index contributed by atoms with van der Waals surface area (Å²) in [6.45, 7) is 3.92. The van der Waals surface area contributed by atoms with Crippen LogP contribution in [0.4, 0.5) is 0 Å². The van der Waals surface area contributed by atoms with Gasteiger partial charge in [-0.2, -0.15) is 5.10 Å². The highest BCUT2D eigenvalue weighted by Crippen LogP contribution is 2.26. The lowest BCUT2D eigenvalue weighted by atomic mass is 9.99. The van der Waals surface area contributed by atoms with Gasteiger partial charge in [0.05, 0.1) is 6.20 Å². The minimum atomic E-state index is 0.0457. The summed E-state index contributed by atoms with van der Waals surface area (Å²) >= 11 is 0. The number of hydrogen-bond acceptors (Lipinski definition) is 3. The SMILES string of the molecule is CCCn1cc(C2OCCCC2N)cn1. The number of hydrogen-bond donors (Lipinski definition) is 1. The fraction of sp³-hybridized carbons (Fsp3) is 0.727. The summed E-state index contributed by atoms with van der Waals surface area (Å²) in [5, 5.41) is 4.30. The van der Waals surface area contributed by atoms with E-state index in [-0.39, 0.29) is 12.1 Å². The van der Waals surface area contributed by atoms with Crippen LogP contribution in [0.3, 0.4) is 0 Å². The molecule has 2 N–H and O–H groups in total. The van der Waals surface area contributed by atoms with Gasteiger partial charge in [0.2, 0.25) is 0 Å². The predicted molar refractivity (Wildman–Crippen MR) is 58.4 cm³/mol. The molecule has 2 atom stereocenters. The van der Waals surface area contributed by atoms with Gasteiger partial charge < -0.3 is 10.5 Å². The monoisotopic (exact) mass is 209 g/mol. The summed E-state index contributed by atoms with van der Waals surface area (Å²) < 4.78 is 7.65. The van der Waals surface area contributed by atoms with Crippen LogP contribution in [0.15, 0.2) is 12.4 Å². The number of nitrogens with two attached hydrogens (primary N) is 1. The molecule has 2 heterocycles. The van der Waals surface area contributed by atoms with Crippen molar-refractivity contribution in [3.05, 3.63) is 18.0 Å². The second kappa shape index (κ2) is 4.77. The molecule has 84 valence electrons. The van der Waals surface area contributed by atoms with E-state index in [4.69, 9.17) is 10.5 Å². The molecule has 0 aromatic carbocycles. The van der Waals surface area contributed by atoms with Gasteiger partial charge in [0, 0.05) is 31.0 Å². The topological polar surface area (TPSA) is 53.1 Å². The summed E-state index contributed by atoms with van der Waals surface area (Å²) in [7, 11) is 0. The molecule has 1 aromatic rings. The third kappa shape index (κ3) is 2.38. The molecule has 1 aliphatic heterocycles. The number of ether oxygens (including phenoxy) is 1. The second-order valence-corrected chi connectivity index (χ2v) is 4.13. The van der Waals surface area contributed by atoms with E-state index in [9.17, 15) is 0 Å². The average molecular weight is 209 g/mol. The maximum atomic E-state index is 6.03. The Bertz CT molecular complexity index is 311. The van der Waals surface area contributed by atoms with Gasteiger partial charge in [-0.25, -0.2) is 0 Å². The van der Waals surface area contributed by atoms with E-state index in [0.717, 1.165) is 38.0 Å². The lowest BCUT2D eigenvalue weighted by Crippen LogP contribution is -2.34. The summed E-state index contributed by atoms with van der Waals surface area (Å²) in [6, 6.07) is 0.123. The molecule has 1 saturated heterocycles. The molecule has 0 spiro atoms. The fourth-order valence-electron chi connectivity index (χ4n) is 2.03. The van der Waals surface area contributed by atoms with Crippen molar-refractivity contribution in [1.29, 1.82) is 0 Å². The Balaban J connectivity index is 2.06. The van der Waals surface area contributed by atoms with Gasteiger partial charge in [0.25, 0.3) is 0 Å². The average Bonchev–Trinajstić information content (AvgIpc) is 2.68. The van der Waals surface area contributed by atoms with Crippen molar-refractivity contribution >= 4 is 0 Å². The highest BCUT2D eigenvalue weighted by Gasteiger charge is 2.25. The standard InChI is InChI=1S/C11H19N3O/c1-2-5-14-8-9(7-13-14)11-10(12)4-3-6-15-11/h7-8,10-11H,2-6,12H2,1H3. The quantitative estimate of drug-likeness (QED) is 0.820. The van der Waals surface area contributed by atoms with Crippen LogP contribution in [0, 0.1) is 0 Å². The van der Waals surface area contributed by atoms with Gasteiger partial charge in [-0.1, -0.05) is 6.92 Å². The van der Waals surface area contributed by atoms with E-state index >= 15 is 0 Å². The summed E-state index contributed by atoms with van der Waals surface area (Å²) in [6.07, 6.45) is 7.19. The lowest BCUT2D eigenvalue weighted by molar-refractivity contribution is 0.0000916. The van der Waals surface area contributed by atoms with Gasteiger partial charge >= 0.3 is 0 Å². The van der Waals surface area contributed by atoms with E-state index in [1.165, 1.54) is 0 Å². The molecule has 0 amide bonds. The molecule has 1 aliphatic rings. The van der Waals surface area contributed by atoms with Gasteiger partial charge in [0.1, 0.15) is 6.10 Å². The molecule has 0 saturated carbocycles. The van der Waals surface area contributed by atoms with Gasteiger partial charge in [0.15, 0.2) is 0 Å². The molecule has 1 aromatic heterocycles. The normalized spacial score (nSPS) is 26.8. The van der Waals surface area contributed by atoms with Crippen LogP contribution in [0.2, 0.25) is 0 Å². The third-order valence-corrected chi connectivity index (χ3v) is 2.80. The van der Waals surface area contributed by atoms with Crippen molar-refractivity contribution in [2.45, 2.75) is 44.9 Å².